The number of anilines is 2. The fourth-order valence-corrected chi connectivity index (χ4v) is 10.6. The molecule has 2 N–H and O–H groups in total. The Kier molecular flexibility index (Phi) is 13.5. The molecule has 14 nitrogen and oxygen atoms in total. The molecule has 0 spiro atoms. The lowest BCUT2D eigenvalue weighted by molar-refractivity contribution is -0.134. The summed E-state index contributed by atoms with van der Waals surface area (Å²) in [4.78, 5) is 63.1. The average molecular weight is 770 g/mol. The molecule has 3 aliphatic heterocycles. The Bertz CT molecular complexity index is 1610. The molecule has 4 fully saturated rings. The van der Waals surface area contributed by atoms with E-state index < -0.39 is 49.0 Å². The largest absolute Gasteiger partial charge is 0.445 e. The van der Waals surface area contributed by atoms with Gasteiger partial charge in [0.1, 0.15) is 29.2 Å². The third-order valence-electron chi connectivity index (χ3n) is 11.0. The molecule has 1 aromatic carbocycles. The van der Waals surface area contributed by atoms with Crippen LogP contribution in [0.5, 0.6) is 0 Å². The van der Waals surface area contributed by atoms with Crippen LogP contribution >= 0.6 is 7.60 Å². The first-order valence-electron chi connectivity index (χ1n) is 19.9. The van der Waals surface area contributed by atoms with Gasteiger partial charge in [-0.15, -0.1) is 0 Å². The lowest BCUT2D eigenvalue weighted by Gasteiger charge is -2.31. The summed E-state index contributed by atoms with van der Waals surface area (Å²) < 4.78 is 37.4. The third-order valence-corrected chi connectivity index (χ3v) is 13.8. The molecule has 1 aromatic rings. The van der Waals surface area contributed by atoms with Crippen molar-refractivity contribution in [1.82, 2.24) is 10.2 Å². The van der Waals surface area contributed by atoms with Crippen LogP contribution in [0.15, 0.2) is 41.4 Å². The van der Waals surface area contributed by atoms with Crippen LogP contribution in [0.1, 0.15) is 104 Å². The molecule has 2 saturated carbocycles. The SMILES string of the molecule is CCOP(=O)(OCC)[C@@]12C[C@H]1/C=C\CCCCCC(=NC(=O)OC1CCCC1)C(=O)N1C[C@H](OC(=O)Nc3ccccc3N3CCCCC3)C[C@H]1C(=O)N2. The molecule has 2 saturated heterocycles. The number of piperidine rings is 1. The highest BCUT2D eigenvalue weighted by atomic mass is 31.2. The summed E-state index contributed by atoms with van der Waals surface area (Å²) in [5.41, 5.74) is 1.51. The van der Waals surface area contributed by atoms with E-state index in [-0.39, 0.29) is 50.3 Å². The average Bonchev–Trinajstić information content (AvgIpc) is 3.43. The van der Waals surface area contributed by atoms with Gasteiger partial charge >= 0.3 is 19.8 Å². The lowest BCUT2D eigenvalue weighted by Crippen LogP contribution is -2.52. The van der Waals surface area contributed by atoms with Crippen molar-refractivity contribution in [3.63, 3.8) is 0 Å². The molecule has 0 bridgehead atoms. The Balaban J connectivity index is 1.27. The summed E-state index contributed by atoms with van der Waals surface area (Å²) in [6.07, 6.45) is 11.6. The zero-order valence-electron chi connectivity index (χ0n) is 31.7. The fraction of sp³-hybridized carbons (Fsp3) is 0.667. The number of benzene rings is 1. The van der Waals surface area contributed by atoms with Crippen LogP contribution in [-0.4, -0.2) is 91.0 Å². The molecule has 0 radical (unpaired) electrons. The highest BCUT2D eigenvalue weighted by Crippen LogP contribution is 2.73. The second kappa shape index (κ2) is 18.3. The van der Waals surface area contributed by atoms with Crippen LogP contribution in [0.3, 0.4) is 0 Å². The van der Waals surface area contributed by atoms with E-state index in [9.17, 15) is 23.7 Å². The van der Waals surface area contributed by atoms with E-state index in [2.05, 4.69) is 20.5 Å². The molecule has 3 heterocycles. The number of ether oxygens (including phenoxy) is 2. The molecule has 4 amide bonds. The molecule has 0 aromatic heterocycles. The van der Waals surface area contributed by atoms with Gasteiger partial charge in [0.25, 0.3) is 5.91 Å². The van der Waals surface area contributed by atoms with E-state index in [4.69, 9.17) is 18.5 Å². The zero-order valence-corrected chi connectivity index (χ0v) is 32.6. The summed E-state index contributed by atoms with van der Waals surface area (Å²) >= 11 is 0. The second-order valence-corrected chi connectivity index (χ2v) is 17.2. The molecule has 0 unspecified atom stereocenters. The van der Waals surface area contributed by atoms with E-state index in [1.165, 1.54) is 11.3 Å². The standard InChI is InChI=1S/C39H56N5O9P/c1-3-50-54(49,51-4-2)39-26-28(39)17-9-6-5-7-10-21-32(41-38(48)52-29-18-11-12-19-29)36(46)44-27-30(25-34(44)35(45)42-39)53-37(47)40-31-20-13-14-22-33(31)43-23-15-8-16-24-43/h9,13-14,17,20,22,28-30,34H,3-8,10-12,15-16,18-19,21,23-27H2,1-2H3,(H,40,47)(H,42,45)/b17-9-,41-32?/t28-,30-,34+,39+/m1/s1. The molecular formula is C39H56N5O9P. The molecule has 296 valence electrons. The van der Waals surface area contributed by atoms with Crippen molar-refractivity contribution in [1.29, 1.82) is 0 Å². The maximum atomic E-state index is 14.4. The number of aliphatic imine (C=N–C) groups is 1. The van der Waals surface area contributed by atoms with Crippen molar-refractivity contribution < 1.29 is 42.3 Å². The quantitative estimate of drug-likeness (QED) is 0.192. The minimum absolute atomic E-state index is 0.00455. The fourth-order valence-electron chi connectivity index (χ4n) is 8.23. The maximum Gasteiger partial charge on any atom is 0.434 e. The number of rotatable bonds is 9. The van der Waals surface area contributed by atoms with Gasteiger partial charge in [0.15, 0.2) is 0 Å². The van der Waals surface area contributed by atoms with Crippen molar-refractivity contribution in [3.05, 3.63) is 36.4 Å². The van der Waals surface area contributed by atoms with Gasteiger partial charge in [-0.2, -0.15) is 4.99 Å². The van der Waals surface area contributed by atoms with Gasteiger partial charge in [0.05, 0.1) is 31.1 Å². The lowest BCUT2D eigenvalue weighted by atomic mass is 10.1. The van der Waals surface area contributed by atoms with Gasteiger partial charge in [0.2, 0.25) is 5.91 Å². The molecular weight excluding hydrogens is 713 g/mol. The van der Waals surface area contributed by atoms with Crippen LogP contribution in [0.4, 0.5) is 21.0 Å². The van der Waals surface area contributed by atoms with Gasteiger partial charge in [-0.3, -0.25) is 19.5 Å². The van der Waals surface area contributed by atoms with Crippen LogP contribution in [0.25, 0.3) is 0 Å². The zero-order chi connectivity index (χ0) is 38.1. The highest BCUT2D eigenvalue weighted by Gasteiger charge is 2.68. The van der Waals surface area contributed by atoms with E-state index in [0.29, 0.717) is 18.5 Å². The smallest absolute Gasteiger partial charge is 0.434 e. The summed E-state index contributed by atoms with van der Waals surface area (Å²) in [7, 11) is -3.87. The van der Waals surface area contributed by atoms with Crippen LogP contribution in [0.2, 0.25) is 0 Å². The Labute approximate surface area is 318 Å². The van der Waals surface area contributed by atoms with Gasteiger partial charge < -0.3 is 33.6 Å². The first-order valence-corrected chi connectivity index (χ1v) is 21.5. The van der Waals surface area contributed by atoms with Crippen LogP contribution < -0.4 is 15.5 Å². The monoisotopic (exact) mass is 769 g/mol. The van der Waals surface area contributed by atoms with Crippen molar-refractivity contribution in [3.8, 4) is 0 Å². The Morgan fingerprint density at radius 2 is 1.67 bits per heavy atom. The predicted octanol–water partition coefficient (Wildman–Crippen LogP) is 7.33. The van der Waals surface area contributed by atoms with E-state index in [0.717, 1.165) is 76.6 Å². The number of amides is 4. The predicted molar refractivity (Wildman–Crippen MR) is 205 cm³/mol. The number of para-hydroxylation sites is 2. The molecule has 5 aliphatic rings. The number of carbonyl (C=O) groups excluding carboxylic acids is 4. The van der Waals surface area contributed by atoms with Crippen molar-refractivity contribution in [2.75, 3.05) is 43.1 Å². The first kappa shape index (κ1) is 39.9. The molecule has 6 rings (SSSR count). The highest BCUT2D eigenvalue weighted by molar-refractivity contribution is 7.56. The van der Waals surface area contributed by atoms with Crippen molar-refractivity contribution >= 4 is 48.7 Å². The Hall–Kier alpha value is -3.74. The van der Waals surface area contributed by atoms with Crippen LogP contribution in [0, 0.1) is 5.92 Å². The minimum atomic E-state index is -3.87. The maximum absolute atomic E-state index is 14.4. The van der Waals surface area contributed by atoms with Crippen molar-refractivity contribution in [2.24, 2.45) is 10.9 Å². The molecule has 54 heavy (non-hydrogen) atoms. The van der Waals surface area contributed by atoms with E-state index in [1.54, 1.807) is 13.8 Å². The number of nitrogens with one attached hydrogen (secondary N) is 2. The van der Waals surface area contributed by atoms with Gasteiger partial charge in [-0.05, 0) is 103 Å². The summed E-state index contributed by atoms with van der Waals surface area (Å²) in [5.74, 6) is -1.49. The number of carbonyl (C=O) groups is 4. The number of hydrogen-bond donors (Lipinski definition) is 2. The van der Waals surface area contributed by atoms with E-state index in [1.807, 2.05) is 36.4 Å². The minimum Gasteiger partial charge on any atom is -0.445 e. The Morgan fingerprint density at radius 3 is 2.41 bits per heavy atom. The summed E-state index contributed by atoms with van der Waals surface area (Å²) in [6.45, 7) is 5.33. The van der Waals surface area contributed by atoms with E-state index >= 15 is 0 Å². The Morgan fingerprint density at radius 1 is 0.944 bits per heavy atom. The van der Waals surface area contributed by atoms with Crippen LogP contribution in [-0.2, 0) is 32.7 Å². The second-order valence-electron chi connectivity index (χ2n) is 14.9. The topological polar surface area (TPSA) is 165 Å². The number of hydrogen-bond acceptors (Lipinski definition) is 10. The summed E-state index contributed by atoms with van der Waals surface area (Å²) in [6, 6.07) is 6.43. The third kappa shape index (κ3) is 9.37. The first-order chi connectivity index (χ1) is 26.2. The van der Waals surface area contributed by atoms with Gasteiger partial charge in [-0.1, -0.05) is 30.7 Å². The number of nitrogens with zero attached hydrogens (tertiary/aromatic N) is 3. The molecule has 15 heteroatoms. The summed E-state index contributed by atoms with van der Waals surface area (Å²) in [5, 5.41) is 4.58. The number of fused-ring (bicyclic) bond motifs is 2. The normalized spacial score (nSPS) is 28.3. The number of allylic oxidation sites excluding steroid dienone is 1. The van der Waals surface area contributed by atoms with Gasteiger partial charge in [0, 0.05) is 25.4 Å². The molecule has 4 atom stereocenters. The molecule has 2 aliphatic carbocycles. The van der Waals surface area contributed by atoms with Gasteiger partial charge in [-0.25, -0.2) is 9.59 Å². The van der Waals surface area contributed by atoms with Crippen molar-refractivity contribution in [2.45, 2.75) is 127 Å².